The molecule has 0 unspecified atom stereocenters. The van der Waals surface area contributed by atoms with Gasteiger partial charge in [0.2, 0.25) is 5.78 Å². The van der Waals surface area contributed by atoms with Crippen molar-refractivity contribution in [3.8, 4) is 11.3 Å². The number of hydrogen-bond acceptors (Lipinski definition) is 5. The van der Waals surface area contributed by atoms with Crippen LogP contribution in [0.1, 0.15) is 21.5 Å². The fourth-order valence-electron chi connectivity index (χ4n) is 3.78. The molecule has 0 saturated heterocycles. The van der Waals surface area contributed by atoms with Gasteiger partial charge in [-0.05, 0) is 48.9 Å². The number of pyridine rings is 1. The summed E-state index contributed by atoms with van der Waals surface area (Å²) in [6.07, 6.45) is 4.44. The third-order valence-corrected chi connectivity index (χ3v) is 6.93. The normalized spacial score (nSPS) is 11.7. The van der Waals surface area contributed by atoms with Crippen LogP contribution in [0.4, 0.5) is 18.9 Å². The zero-order valence-corrected chi connectivity index (χ0v) is 19.3. The highest BCUT2D eigenvalue weighted by Crippen LogP contribution is 2.30. The van der Waals surface area contributed by atoms with E-state index in [2.05, 4.69) is 20.2 Å². The SMILES string of the molecule is Cc1cn[nH]c1-c1cnc2[nH]cc(C(=O)c3c(F)ccc(NS(=O)(=O)c4cccc(F)c4)c3F)c2c1. The van der Waals surface area contributed by atoms with Gasteiger partial charge in [0, 0.05) is 28.9 Å². The van der Waals surface area contributed by atoms with Crippen LogP contribution in [0, 0.1) is 24.4 Å². The topological polar surface area (TPSA) is 121 Å². The number of halogens is 3. The molecule has 2 aromatic carbocycles. The van der Waals surface area contributed by atoms with Gasteiger partial charge in [-0.15, -0.1) is 0 Å². The van der Waals surface area contributed by atoms with Crippen molar-refractivity contribution in [3.05, 3.63) is 95.2 Å². The maximum Gasteiger partial charge on any atom is 0.262 e. The lowest BCUT2D eigenvalue weighted by Gasteiger charge is -2.12. The van der Waals surface area contributed by atoms with Gasteiger partial charge in [-0.2, -0.15) is 5.10 Å². The fraction of sp³-hybridized carbons (Fsp3) is 0.0417. The molecule has 36 heavy (non-hydrogen) atoms. The van der Waals surface area contributed by atoms with Gasteiger partial charge in [0.05, 0.1) is 28.0 Å². The first-order chi connectivity index (χ1) is 17.2. The van der Waals surface area contributed by atoms with Crippen LogP contribution in [-0.2, 0) is 10.0 Å². The summed E-state index contributed by atoms with van der Waals surface area (Å²) >= 11 is 0. The number of nitrogens with one attached hydrogen (secondary N) is 3. The van der Waals surface area contributed by atoms with Crippen molar-refractivity contribution < 1.29 is 26.4 Å². The van der Waals surface area contributed by atoms with Crippen molar-refractivity contribution >= 4 is 32.5 Å². The molecule has 3 heterocycles. The van der Waals surface area contributed by atoms with Crippen molar-refractivity contribution in [2.75, 3.05) is 4.72 Å². The Hall–Kier alpha value is -4.45. The monoisotopic (exact) mass is 511 g/mol. The lowest BCUT2D eigenvalue weighted by atomic mass is 10.0. The minimum absolute atomic E-state index is 0.0699. The summed E-state index contributed by atoms with van der Waals surface area (Å²) in [5.74, 6) is -4.44. The van der Waals surface area contributed by atoms with Crippen LogP contribution in [0.2, 0.25) is 0 Å². The highest BCUT2D eigenvalue weighted by molar-refractivity contribution is 7.92. The number of benzene rings is 2. The second kappa shape index (κ2) is 8.64. The number of rotatable bonds is 6. The van der Waals surface area contributed by atoms with Crippen LogP contribution in [0.15, 0.2) is 66.0 Å². The van der Waals surface area contributed by atoms with Crippen LogP contribution in [0.3, 0.4) is 0 Å². The quantitative estimate of drug-likeness (QED) is 0.285. The van der Waals surface area contributed by atoms with Crippen molar-refractivity contribution in [2.24, 2.45) is 0 Å². The van der Waals surface area contributed by atoms with Gasteiger partial charge in [0.1, 0.15) is 17.3 Å². The van der Waals surface area contributed by atoms with E-state index < -0.39 is 49.4 Å². The van der Waals surface area contributed by atoms with E-state index in [1.165, 1.54) is 12.3 Å². The number of aryl methyl sites for hydroxylation is 1. The predicted octanol–water partition coefficient (Wildman–Crippen LogP) is 4.71. The standard InChI is InChI=1S/C24H16F3N5O3S/c1-12-9-30-31-22(12)13-7-16-17(11-29-24(16)28-10-13)23(33)20-18(26)5-6-19(21(20)27)32-36(34,35)15-4-2-3-14(25)8-15/h2-11,32H,1H3,(H,28,29)(H,30,31). The third kappa shape index (κ3) is 4.01. The average Bonchev–Trinajstić information content (AvgIpc) is 3.46. The lowest BCUT2D eigenvalue weighted by molar-refractivity contribution is 0.103. The van der Waals surface area contributed by atoms with E-state index >= 15 is 4.39 Å². The van der Waals surface area contributed by atoms with Crippen molar-refractivity contribution in [3.63, 3.8) is 0 Å². The summed E-state index contributed by atoms with van der Waals surface area (Å²) in [5.41, 5.74) is 0.700. The molecule has 0 atom stereocenters. The Balaban J connectivity index is 1.56. The Morgan fingerprint density at radius 2 is 1.86 bits per heavy atom. The Labute approximate surface area is 202 Å². The smallest absolute Gasteiger partial charge is 0.262 e. The highest BCUT2D eigenvalue weighted by atomic mass is 32.2. The first-order valence-electron chi connectivity index (χ1n) is 10.4. The second-order valence-corrected chi connectivity index (χ2v) is 9.61. The molecular weight excluding hydrogens is 495 g/mol. The van der Waals surface area contributed by atoms with E-state index in [0.717, 1.165) is 35.9 Å². The number of carbonyl (C=O) groups excluding carboxylic acids is 1. The van der Waals surface area contributed by atoms with Crippen LogP contribution in [0.25, 0.3) is 22.3 Å². The van der Waals surface area contributed by atoms with Gasteiger partial charge in [0.25, 0.3) is 10.0 Å². The summed E-state index contributed by atoms with van der Waals surface area (Å²) in [6.45, 7) is 1.83. The number of ketones is 1. The molecule has 12 heteroatoms. The van der Waals surface area contributed by atoms with Gasteiger partial charge < -0.3 is 4.98 Å². The number of aromatic nitrogens is 4. The van der Waals surface area contributed by atoms with Gasteiger partial charge in [-0.25, -0.2) is 26.6 Å². The van der Waals surface area contributed by atoms with E-state index in [1.54, 1.807) is 18.5 Å². The van der Waals surface area contributed by atoms with E-state index in [4.69, 9.17) is 0 Å². The van der Waals surface area contributed by atoms with Crippen LogP contribution >= 0.6 is 0 Å². The van der Waals surface area contributed by atoms with Gasteiger partial charge in [-0.3, -0.25) is 14.6 Å². The van der Waals surface area contributed by atoms with E-state index in [9.17, 15) is 22.0 Å². The molecular formula is C24H16F3N5O3S. The lowest BCUT2D eigenvalue weighted by Crippen LogP contribution is -2.16. The second-order valence-electron chi connectivity index (χ2n) is 7.93. The van der Waals surface area contributed by atoms with Crippen LogP contribution < -0.4 is 4.72 Å². The van der Waals surface area contributed by atoms with Crippen molar-refractivity contribution in [1.82, 2.24) is 20.2 Å². The molecule has 5 aromatic rings. The maximum absolute atomic E-state index is 15.4. The van der Waals surface area contributed by atoms with Crippen molar-refractivity contribution in [1.29, 1.82) is 0 Å². The maximum atomic E-state index is 15.4. The molecule has 0 aliphatic rings. The van der Waals surface area contributed by atoms with Crippen LogP contribution in [-0.4, -0.2) is 34.4 Å². The highest BCUT2D eigenvalue weighted by Gasteiger charge is 2.26. The number of H-pyrrole nitrogens is 2. The summed E-state index contributed by atoms with van der Waals surface area (Å²) in [7, 11) is -4.43. The minimum atomic E-state index is -4.43. The fourth-order valence-corrected chi connectivity index (χ4v) is 4.87. The van der Waals surface area contributed by atoms with Gasteiger partial charge in [-0.1, -0.05) is 6.07 Å². The Bertz CT molecular complexity index is 1760. The van der Waals surface area contributed by atoms with Gasteiger partial charge >= 0.3 is 0 Å². The minimum Gasteiger partial charge on any atom is -0.345 e. The molecule has 0 radical (unpaired) electrons. The molecule has 3 aromatic heterocycles. The largest absolute Gasteiger partial charge is 0.345 e. The molecule has 8 nitrogen and oxygen atoms in total. The number of aromatic amines is 2. The molecule has 182 valence electrons. The average molecular weight is 511 g/mol. The zero-order chi connectivity index (χ0) is 25.6. The molecule has 5 rings (SSSR count). The first-order valence-corrected chi connectivity index (χ1v) is 11.9. The number of carbonyl (C=O) groups is 1. The number of hydrogen-bond donors (Lipinski definition) is 3. The Morgan fingerprint density at radius 3 is 2.58 bits per heavy atom. The molecule has 0 saturated carbocycles. The van der Waals surface area contributed by atoms with E-state index in [-0.39, 0.29) is 5.56 Å². The number of fused-ring (bicyclic) bond motifs is 1. The van der Waals surface area contributed by atoms with Gasteiger partial charge in [0.15, 0.2) is 5.82 Å². The summed E-state index contributed by atoms with van der Waals surface area (Å²) < 4.78 is 70.7. The molecule has 0 fully saturated rings. The zero-order valence-electron chi connectivity index (χ0n) is 18.4. The summed E-state index contributed by atoms with van der Waals surface area (Å²) in [6, 6.07) is 7.30. The van der Waals surface area contributed by atoms with Crippen molar-refractivity contribution in [2.45, 2.75) is 11.8 Å². The number of sulfonamides is 1. The summed E-state index contributed by atoms with van der Waals surface area (Å²) in [4.78, 5) is 19.9. The molecule has 0 amide bonds. The van der Waals surface area contributed by atoms with E-state index in [1.807, 2.05) is 11.6 Å². The first kappa shape index (κ1) is 23.3. The molecule has 0 aliphatic carbocycles. The number of anilines is 1. The molecule has 0 aliphatic heterocycles. The molecule has 0 bridgehead atoms. The number of nitrogens with zero attached hydrogens (tertiary/aromatic N) is 2. The van der Waals surface area contributed by atoms with E-state index in [0.29, 0.717) is 22.3 Å². The Kier molecular flexibility index (Phi) is 5.59. The van der Waals surface area contributed by atoms with Crippen LogP contribution in [0.5, 0.6) is 0 Å². The molecule has 3 N–H and O–H groups in total. The summed E-state index contributed by atoms with van der Waals surface area (Å²) in [5, 5.41) is 7.09. The third-order valence-electron chi connectivity index (χ3n) is 5.56. The Morgan fingerprint density at radius 1 is 1.06 bits per heavy atom. The predicted molar refractivity (Wildman–Crippen MR) is 125 cm³/mol. The molecule has 0 spiro atoms.